The Bertz CT molecular complexity index is 1550. The first-order chi connectivity index (χ1) is 18.5. The van der Waals surface area contributed by atoms with E-state index in [9.17, 15) is 13.6 Å². The van der Waals surface area contributed by atoms with E-state index in [1.165, 1.54) is 18.9 Å². The van der Waals surface area contributed by atoms with Gasteiger partial charge in [-0.05, 0) is 74.4 Å². The number of fused-ring (bicyclic) bond motifs is 3. The molecule has 0 radical (unpaired) electrons. The van der Waals surface area contributed by atoms with Crippen LogP contribution in [0.15, 0.2) is 36.5 Å². The van der Waals surface area contributed by atoms with Crippen LogP contribution in [0.1, 0.15) is 36.0 Å². The second kappa shape index (κ2) is 10.1. The normalized spacial score (nSPS) is 21.0. The fourth-order valence-corrected chi connectivity index (χ4v) is 6.26. The molecule has 7 rings (SSSR count). The monoisotopic (exact) mass is 556 g/mol. The molecule has 8 nitrogen and oxygen atoms in total. The summed E-state index contributed by atoms with van der Waals surface area (Å²) in [7, 11) is 1.80. The lowest BCUT2D eigenvalue weighted by molar-refractivity contribution is -0.0490. The molecule has 2 saturated heterocycles. The molecule has 3 aromatic heterocycles. The summed E-state index contributed by atoms with van der Waals surface area (Å²) in [6.07, 6.45) is 6.22. The predicted octanol–water partition coefficient (Wildman–Crippen LogP) is 4.85. The molecule has 0 bridgehead atoms. The van der Waals surface area contributed by atoms with Crippen molar-refractivity contribution in [2.24, 2.45) is 18.9 Å². The minimum atomic E-state index is -3.02. The highest BCUT2D eigenvalue weighted by Gasteiger charge is 2.35. The van der Waals surface area contributed by atoms with Crippen molar-refractivity contribution < 1.29 is 18.3 Å². The number of piperidine rings is 1. The van der Waals surface area contributed by atoms with E-state index in [0.29, 0.717) is 47.3 Å². The predicted molar refractivity (Wildman–Crippen MR) is 146 cm³/mol. The lowest BCUT2D eigenvalue weighted by Gasteiger charge is -2.35. The Morgan fingerprint density at radius 2 is 2.05 bits per heavy atom. The van der Waals surface area contributed by atoms with Crippen LogP contribution in [0, 0.1) is 11.8 Å². The van der Waals surface area contributed by atoms with Crippen LogP contribution in [0.25, 0.3) is 33.6 Å². The summed E-state index contributed by atoms with van der Waals surface area (Å²) in [5, 5.41) is 4.48. The molecule has 2 atom stereocenters. The summed E-state index contributed by atoms with van der Waals surface area (Å²) in [5.41, 5.74) is 2.95. The van der Waals surface area contributed by atoms with Crippen LogP contribution >= 0.6 is 12.4 Å². The van der Waals surface area contributed by atoms with Crippen molar-refractivity contribution in [2.45, 2.75) is 44.9 Å². The third-order valence-corrected chi connectivity index (χ3v) is 8.38. The number of amides is 1. The highest BCUT2D eigenvalue weighted by atomic mass is 35.5. The molecule has 4 aromatic rings. The molecule has 39 heavy (non-hydrogen) atoms. The number of aromatic nitrogens is 4. The minimum Gasteiger partial charge on any atom is -0.432 e. The van der Waals surface area contributed by atoms with Gasteiger partial charge in [0.2, 0.25) is 0 Å². The third-order valence-electron chi connectivity index (χ3n) is 8.38. The van der Waals surface area contributed by atoms with Gasteiger partial charge in [0.05, 0.1) is 11.2 Å². The van der Waals surface area contributed by atoms with Gasteiger partial charge in [-0.1, -0.05) is 0 Å². The Labute approximate surface area is 230 Å². The van der Waals surface area contributed by atoms with E-state index in [0.717, 1.165) is 42.7 Å². The average molecular weight is 557 g/mol. The number of alkyl halides is 2. The number of aryl methyl sites for hydroxylation is 1. The number of ether oxygens (including phenoxy) is 1. The Morgan fingerprint density at radius 3 is 2.85 bits per heavy atom. The molecule has 1 amide bonds. The second-order valence-corrected chi connectivity index (χ2v) is 10.9. The summed E-state index contributed by atoms with van der Waals surface area (Å²) < 4.78 is 36.0. The molecule has 1 N–H and O–H groups in total. The van der Waals surface area contributed by atoms with E-state index in [2.05, 4.69) is 14.9 Å². The molecule has 1 aromatic carbocycles. The summed E-state index contributed by atoms with van der Waals surface area (Å²) in [6, 6.07) is 9.40. The van der Waals surface area contributed by atoms with Crippen LogP contribution in [0.5, 0.6) is 5.75 Å². The highest BCUT2D eigenvalue weighted by molar-refractivity contribution is 6.00. The van der Waals surface area contributed by atoms with Crippen molar-refractivity contribution in [3.8, 4) is 17.3 Å². The molecule has 5 heterocycles. The van der Waals surface area contributed by atoms with Gasteiger partial charge in [0.15, 0.2) is 11.6 Å². The standard InChI is InChI=1S/C28H30F2N6O2.ClH/c1-34-24-20(33-26(34)22-12-18-3-2-8-32-25(18)36(22)14-16-4-5-16)11-19(13-23(24)38-28(29)30)27(37)35-10-7-17-6-9-31-21(17)15-35;/h2-3,8,11-13,16-17,21,28,31H,4-7,9-10,14-15H2,1H3;1H/t17-,21+;/m1./s1. The van der Waals surface area contributed by atoms with Crippen molar-refractivity contribution >= 4 is 40.4 Å². The zero-order valence-electron chi connectivity index (χ0n) is 21.6. The Hall–Kier alpha value is -3.24. The van der Waals surface area contributed by atoms with E-state index < -0.39 is 6.61 Å². The fraction of sp³-hybridized carbons (Fsp3) is 0.464. The van der Waals surface area contributed by atoms with Crippen LogP contribution < -0.4 is 10.1 Å². The highest BCUT2D eigenvalue weighted by Crippen LogP contribution is 2.38. The molecule has 2 aliphatic heterocycles. The molecule has 206 valence electrons. The number of benzene rings is 1. The molecule has 0 spiro atoms. The number of rotatable bonds is 6. The number of nitrogens with one attached hydrogen (secondary N) is 1. The van der Waals surface area contributed by atoms with Crippen molar-refractivity contribution in [1.82, 2.24) is 29.3 Å². The van der Waals surface area contributed by atoms with Crippen molar-refractivity contribution in [3.05, 3.63) is 42.1 Å². The molecule has 3 fully saturated rings. The topological polar surface area (TPSA) is 77.2 Å². The maximum Gasteiger partial charge on any atom is 0.387 e. The number of halogens is 3. The lowest BCUT2D eigenvalue weighted by atomic mass is 9.92. The van der Waals surface area contributed by atoms with Crippen LogP contribution in [0.4, 0.5) is 8.78 Å². The van der Waals surface area contributed by atoms with Crippen molar-refractivity contribution in [3.63, 3.8) is 0 Å². The third kappa shape index (κ3) is 4.63. The van der Waals surface area contributed by atoms with Gasteiger partial charge in [-0.3, -0.25) is 4.79 Å². The molecule has 11 heteroatoms. The molecular formula is C28H31ClF2N6O2. The van der Waals surface area contributed by atoms with Crippen LogP contribution in [0.2, 0.25) is 0 Å². The Balaban J connectivity index is 0.00000277. The SMILES string of the molecule is Cl.Cn1c(-c2cc3cccnc3n2CC2CC2)nc2cc(C(=O)N3CC[C@H]4CCN[C@H]4C3)cc(OC(F)F)c21. The zero-order valence-corrected chi connectivity index (χ0v) is 22.5. The molecular weight excluding hydrogens is 526 g/mol. The number of likely N-dealkylation sites (tertiary alicyclic amines) is 1. The first-order valence-electron chi connectivity index (χ1n) is 13.4. The summed E-state index contributed by atoms with van der Waals surface area (Å²) >= 11 is 0. The van der Waals surface area contributed by atoms with E-state index in [-0.39, 0.29) is 30.1 Å². The number of hydrogen-bond donors (Lipinski definition) is 1. The van der Waals surface area contributed by atoms with Crippen LogP contribution in [0.3, 0.4) is 0 Å². The minimum absolute atomic E-state index is 0. The number of nitrogens with zero attached hydrogens (tertiary/aromatic N) is 5. The molecule has 1 saturated carbocycles. The van der Waals surface area contributed by atoms with Gasteiger partial charge in [-0.15, -0.1) is 12.4 Å². The summed E-state index contributed by atoms with van der Waals surface area (Å²) in [4.78, 5) is 24.8. The van der Waals surface area contributed by atoms with Crippen LogP contribution in [-0.2, 0) is 13.6 Å². The quantitative estimate of drug-likeness (QED) is 0.367. The largest absolute Gasteiger partial charge is 0.432 e. The maximum absolute atomic E-state index is 13.5. The molecule has 3 aliphatic rings. The Morgan fingerprint density at radius 1 is 1.21 bits per heavy atom. The maximum atomic E-state index is 13.5. The lowest BCUT2D eigenvalue weighted by Crippen LogP contribution is -2.48. The van der Waals surface area contributed by atoms with Crippen molar-refractivity contribution in [2.75, 3.05) is 19.6 Å². The average Bonchev–Trinajstić information content (AvgIpc) is 3.33. The molecule has 0 unspecified atom stereocenters. The van der Waals surface area contributed by atoms with Gasteiger partial charge in [-0.25, -0.2) is 9.97 Å². The van der Waals surface area contributed by atoms with E-state index in [1.54, 1.807) is 23.9 Å². The first kappa shape index (κ1) is 26.0. The van der Waals surface area contributed by atoms with E-state index >= 15 is 0 Å². The number of pyridine rings is 1. The van der Waals surface area contributed by atoms with Gasteiger partial charge < -0.3 is 24.1 Å². The second-order valence-electron chi connectivity index (χ2n) is 10.9. The fourth-order valence-electron chi connectivity index (χ4n) is 6.26. The van der Waals surface area contributed by atoms with Gasteiger partial charge in [-0.2, -0.15) is 8.78 Å². The number of imidazole rings is 1. The first-order valence-corrected chi connectivity index (χ1v) is 13.4. The van der Waals surface area contributed by atoms with Crippen molar-refractivity contribution in [1.29, 1.82) is 0 Å². The smallest absolute Gasteiger partial charge is 0.387 e. The van der Waals surface area contributed by atoms with Crippen LogP contribution in [-0.4, -0.2) is 62.2 Å². The number of carbonyl (C=O) groups excluding carboxylic acids is 1. The number of hydrogen-bond acceptors (Lipinski definition) is 5. The number of carbonyl (C=O) groups is 1. The van der Waals surface area contributed by atoms with E-state index in [1.807, 2.05) is 23.1 Å². The van der Waals surface area contributed by atoms with E-state index in [4.69, 9.17) is 9.72 Å². The van der Waals surface area contributed by atoms with Gasteiger partial charge >= 0.3 is 6.61 Å². The Kier molecular flexibility index (Phi) is 6.71. The molecule has 1 aliphatic carbocycles. The van der Waals surface area contributed by atoms with Gasteiger partial charge in [0, 0.05) is 49.9 Å². The summed E-state index contributed by atoms with van der Waals surface area (Å²) in [5.74, 6) is 1.59. The zero-order chi connectivity index (χ0) is 26.0. The van der Waals surface area contributed by atoms with Gasteiger partial charge in [0.1, 0.15) is 11.2 Å². The van der Waals surface area contributed by atoms with Gasteiger partial charge in [0.25, 0.3) is 5.91 Å². The summed E-state index contributed by atoms with van der Waals surface area (Å²) in [6.45, 7) is 0.0556.